The number of hydrogen-bond acceptors (Lipinski definition) is 2. The molecule has 2 fully saturated rings. The van der Waals surface area contributed by atoms with Crippen molar-refractivity contribution in [3.63, 3.8) is 0 Å². The van der Waals surface area contributed by atoms with Gasteiger partial charge in [0.05, 0.1) is 6.04 Å². The smallest absolute Gasteiger partial charge is 0.318 e. The van der Waals surface area contributed by atoms with Crippen LogP contribution in [-0.4, -0.2) is 42.1 Å². The van der Waals surface area contributed by atoms with Crippen LogP contribution in [0.15, 0.2) is 18.3 Å². The van der Waals surface area contributed by atoms with E-state index in [1.54, 1.807) is 0 Å². The summed E-state index contributed by atoms with van der Waals surface area (Å²) in [6, 6.07) is 4.20. The minimum Gasteiger partial charge on any atom is -0.363 e. The zero-order valence-electron chi connectivity index (χ0n) is 11.2. The van der Waals surface area contributed by atoms with Crippen LogP contribution in [0.5, 0.6) is 0 Å². The molecule has 0 spiro atoms. The number of hydrogen-bond donors (Lipinski definition) is 3. The Morgan fingerprint density at radius 3 is 2.89 bits per heavy atom. The summed E-state index contributed by atoms with van der Waals surface area (Å²) in [5.74, 6) is 0.776. The van der Waals surface area contributed by atoms with E-state index in [4.69, 9.17) is 0 Å². The second kappa shape index (κ2) is 5.65. The maximum atomic E-state index is 11.9. The Balaban J connectivity index is 1.50. The lowest BCUT2D eigenvalue weighted by Crippen LogP contribution is -2.33. The summed E-state index contributed by atoms with van der Waals surface area (Å²) in [4.78, 5) is 17.1. The van der Waals surface area contributed by atoms with Crippen molar-refractivity contribution in [3.05, 3.63) is 24.0 Å². The Morgan fingerprint density at radius 2 is 2.16 bits per heavy atom. The zero-order valence-corrected chi connectivity index (χ0v) is 11.2. The molecule has 1 atom stereocenters. The molecule has 0 aliphatic carbocycles. The third kappa shape index (κ3) is 2.92. The molecular weight excluding hydrogens is 240 g/mol. The van der Waals surface area contributed by atoms with E-state index < -0.39 is 0 Å². The van der Waals surface area contributed by atoms with E-state index in [0.717, 1.165) is 44.2 Å². The molecule has 5 heteroatoms. The molecule has 2 aliphatic rings. The molecule has 0 aromatic carbocycles. The normalized spacial score (nSPS) is 24.7. The molecule has 3 heterocycles. The van der Waals surface area contributed by atoms with Gasteiger partial charge in [-0.1, -0.05) is 0 Å². The van der Waals surface area contributed by atoms with Gasteiger partial charge in [0.25, 0.3) is 0 Å². The first-order chi connectivity index (χ1) is 9.33. The van der Waals surface area contributed by atoms with Crippen molar-refractivity contribution in [2.75, 3.05) is 26.2 Å². The average molecular weight is 262 g/mol. The first-order valence-electron chi connectivity index (χ1n) is 7.22. The van der Waals surface area contributed by atoms with Crippen molar-refractivity contribution in [1.29, 1.82) is 0 Å². The van der Waals surface area contributed by atoms with E-state index in [1.165, 1.54) is 12.8 Å². The van der Waals surface area contributed by atoms with E-state index >= 15 is 0 Å². The van der Waals surface area contributed by atoms with Crippen molar-refractivity contribution in [1.82, 2.24) is 20.5 Å². The Hall–Kier alpha value is -1.49. The van der Waals surface area contributed by atoms with E-state index in [-0.39, 0.29) is 12.1 Å². The molecule has 2 saturated heterocycles. The molecule has 1 aromatic rings. The monoisotopic (exact) mass is 262 g/mol. The van der Waals surface area contributed by atoms with Crippen LogP contribution in [0.2, 0.25) is 0 Å². The Labute approximate surface area is 113 Å². The fourth-order valence-corrected chi connectivity index (χ4v) is 3.03. The predicted octanol–water partition coefficient (Wildman–Crippen LogP) is 1.47. The highest BCUT2D eigenvalue weighted by atomic mass is 16.2. The van der Waals surface area contributed by atoms with Crippen LogP contribution in [0.4, 0.5) is 4.79 Å². The number of carbonyl (C=O) groups excluding carboxylic acids is 1. The molecule has 5 nitrogen and oxygen atoms in total. The fraction of sp³-hybridized carbons (Fsp3) is 0.643. The number of carbonyl (C=O) groups is 1. The van der Waals surface area contributed by atoms with Crippen molar-refractivity contribution in [2.45, 2.75) is 25.3 Å². The van der Waals surface area contributed by atoms with Crippen LogP contribution in [0.3, 0.4) is 0 Å². The topological polar surface area (TPSA) is 60.2 Å². The number of amides is 2. The van der Waals surface area contributed by atoms with Gasteiger partial charge in [0.2, 0.25) is 0 Å². The molecule has 3 rings (SSSR count). The van der Waals surface area contributed by atoms with Crippen molar-refractivity contribution in [3.8, 4) is 0 Å². The number of rotatable bonds is 4. The quantitative estimate of drug-likeness (QED) is 0.769. The maximum Gasteiger partial charge on any atom is 0.318 e. The van der Waals surface area contributed by atoms with Gasteiger partial charge in [0, 0.05) is 25.0 Å². The number of H-pyrrole nitrogens is 1. The Bertz CT molecular complexity index is 411. The number of piperidine rings is 1. The van der Waals surface area contributed by atoms with Gasteiger partial charge >= 0.3 is 6.03 Å². The lowest BCUT2D eigenvalue weighted by atomic mass is 9.94. The second-order valence-corrected chi connectivity index (χ2v) is 5.56. The van der Waals surface area contributed by atoms with E-state index in [9.17, 15) is 4.79 Å². The zero-order chi connectivity index (χ0) is 13.1. The van der Waals surface area contributed by atoms with Gasteiger partial charge in [-0.25, -0.2) is 4.79 Å². The molecule has 0 bridgehead atoms. The van der Waals surface area contributed by atoms with Crippen LogP contribution in [-0.2, 0) is 0 Å². The van der Waals surface area contributed by atoms with E-state index in [0.29, 0.717) is 0 Å². The summed E-state index contributed by atoms with van der Waals surface area (Å²) in [6.07, 6.45) is 5.52. The van der Waals surface area contributed by atoms with Gasteiger partial charge in [-0.15, -0.1) is 0 Å². The van der Waals surface area contributed by atoms with Crippen molar-refractivity contribution in [2.24, 2.45) is 5.92 Å². The highest BCUT2D eigenvalue weighted by molar-refractivity contribution is 5.77. The summed E-state index contributed by atoms with van der Waals surface area (Å²) >= 11 is 0. The molecule has 1 unspecified atom stereocenters. The second-order valence-electron chi connectivity index (χ2n) is 5.56. The SMILES string of the molecule is O=C1NC(c2ccc[nH]2)CN1CCC1CCNCC1. The number of aromatic amines is 1. The summed E-state index contributed by atoms with van der Waals surface area (Å²) in [5, 5.41) is 6.42. The summed E-state index contributed by atoms with van der Waals surface area (Å²) in [5.41, 5.74) is 1.10. The Kier molecular flexibility index (Phi) is 3.73. The highest BCUT2D eigenvalue weighted by Gasteiger charge is 2.30. The van der Waals surface area contributed by atoms with Crippen molar-refractivity contribution < 1.29 is 4.79 Å². The minimum atomic E-state index is 0.0773. The van der Waals surface area contributed by atoms with Crippen LogP contribution in [0.25, 0.3) is 0 Å². The number of urea groups is 1. The first kappa shape index (κ1) is 12.5. The standard InChI is InChI=1S/C14H22N4O/c19-14-17-13(12-2-1-6-16-12)10-18(14)9-5-11-3-7-15-8-4-11/h1-2,6,11,13,15-16H,3-5,7-10H2,(H,17,19). The molecule has 1 aromatic heterocycles. The number of nitrogens with one attached hydrogen (secondary N) is 3. The van der Waals surface area contributed by atoms with Crippen molar-refractivity contribution >= 4 is 6.03 Å². The minimum absolute atomic E-state index is 0.0773. The highest BCUT2D eigenvalue weighted by Crippen LogP contribution is 2.21. The van der Waals surface area contributed by atoms with Crippen LogP contribution < -0.4 is 10.6 Å². The molecule has 0 radical (unpaired) electrons. The van der Waals surface area contributed by atoms with Crippen LogP contribution in [0, 0.1) is 5.92 Å². The number of aromatic nitrogens is 1. The molecule has 2 amide bonds. The molecular formula is C14H22N4O. The lowest BCUT2D eigenvalue weighted by molar-refractivity contribution is 0.211. The summed E-state index contributed by atoms with van der Waals surface area (Å²) in [7, 11) is 0. The fourth-order valence-electron chi connectivity index (χ4n) is 3.03. The van der Waals surface area contributed by atoms with Gasteiger partial charge < -0.3 is 20.5 Å². The van der Waals surface area contributed by atoms with Crippen LogP contribution >= 0.6 is 0 Å². The van der Waals surface area contributed by atoms with Gasteiger partial charge in [-0.2, -0.15) is 0 Å². The molecule has 19 heavy (non-hydrogen) atoms. The molecule has 104 valence electrons. The largest absolute Gasteiger partial charge is 0.363 e. The van der Waals surface area contributed by atoms with Gasteiger partial charge in [-0.3, -0.25) is 0 Å². The third-order valence-corrected chi connectivity index (χ3v) is 4.25. The average Bonchev–Trinajstić information content (AvgIpc) is 3.07. The van der Waals surface area contributed by atoms with Crippen LogP contribution in [0.1, 0.15) is 31.0 Å². The Morgan fingerprint density at radius 1 is 1.32 bits per heavy atom. The maximum absolute atomic E-state index is 11.9. The first-order valence-corrected chi connectivity index (χ1v) is 7.22. The summed E-state index contributed by atoms with van der Waals surface area (Å²) < 4.78 is 0. The third-order valence-electron chi connectivity index (χ3n) is 4.25. The van der Waals surface area contributed by atoms with Gasteiger partial charge in [0.1, 0.15) is 0 Å². The molecule has 0 saturated carbocycles. The van der Waals surface area contributed by atoms with Gasteiger partial charge in [0.15, 0.2) is 0 Å². The van der Waals surface area contributed by atoms with E-state index in [1.807, 2.05) is 23.2 Å². The summed E-state index contributed by atoms with van der Waals surface area (Å²) in [6.45, 7) is 3.92. The predicted molar refractivity (Wildman–Crippen MR) is 73.8 cm³/mol. The lowest BCUT2D eigenvalue weighted by Gasteiger charge is -2.24. The molecule has 3 N–H and O–H groups in total. The van der Waals surface area contributed by atoms with E-state index in [2.05, 4.69) is 15.6 Å². The van der Waals surface area contributed by atoms with Gasteiger partial charge in [-0.05, 0) is 50.4 Å². The number of nitrogens with zero attached hydrogens (tertiary/aromatic N) is 1. The molecule has 2 aliphatic heterocycles.